The Labute approximate surface area is 153 Å². The van der Waals surface area contributed by atoms with E-state index in [0.717, 1.165) is 10.5 Å². The average Bonchev–Trinajstić information content (AvgIpc) is 3.01. The summed E-state index contributed by atoms with van der Waals surface area (Å²) >= 11 is 1.24. The normalized spacial score (nSPS) is 16.2. The van der Waals surface area contributed by atoms with Gasteiger partial charge < -0.3 is 9.47 Å². The van der Waals surface area contributed by atoms with Crippen molar-refractivity contribution in [1.82, 2.24) is 0 Å². The van der Waals surface area contributed by atoms with Gasteiger partial charge in [0.25, 0.3) is 5.69 Å². The zero-order valence-electron chi connectivity index (χ0n) is 13.8. The second-order valence-corrected chi connectivity index (χ2v) is 6.82. The van der Waals surface area contributed by atoms with E-state index in [-0.39, 0.29) is 24.3 Å². The smallest absolute Gasteiger partial charge is 0.347 e. The van der Waals surface area contributed by atoms with Gasteiger partial charge in [0.2, 0.25) is 6.10 Å². The van der Waals surface area contributed by atoms with Crippen molar-refractivity contribution in [2.75, 3.05) is 6.61 Å². The summed E-state index contributed by atoms with van der Waals surface area (Å²) in [5, 5.41) is 11.4. The lowest BCUT2D eigenvalue weighted by atomic mass is 10.2. The molecule has 1 atom stereocenters. The predicted molar refractivity (Wildman–Crippen MR) is 93.2 cm³/mol. The fraction of sp³-hybridized carbons (Fsp3) is 0.222. The highest BCUT2D eigenvalue weighted by Crippen LogP contribution is 2.35. The highest BCUT2D eigenvalue weighted by molar-refractivity contribution is 7.99. The number of nitro benzene ring substituents is 1. The van der Waals surface area contributed by atoms with Gasteiger partial charge in [0.15, 0.2) is 0 Å². The number of hydrogen-bond donors (Lipinski definition) is 0. The van der Waals surface area contributed by atoms with Crippen LogP contribution in [0.15, 0.2) is 52.3 Å². The SMILES string of the molecule is Cc1ccc(Sc2ccc(C(=O)O[C@@H]3CCOC3=O)cc2[N+](=O)[O-])cc1. The van der Waals surface area contributed by atoms with E-state index in [9.17, 15) is 19.7 Å². The average molecular weight is 373 g/mol. The highest BCUT2D eigenvalue weighted by Gasteiger charge is 2.31. The molecule has 0 spiro atoms. The first kappa shape index (κ1) is 17.9. The highest BCUT2D eigenvalue weighted by atomic mass is 32.2. The van der Waals surface area contributed by atoms with Crippen LogP contribution in [-0.4, -0.2) is 29.6 Å². The van der Waals surface area contributed by atoms with Crippen molar-refractivity contribution in [2.24, 2.45) is 0 Å². The molecule has 0 aromatic heterocycles. The van der Waals surface area contributed by atoms with Crippen LogP contribution in [0, 0.1) is 17.0 Å². The minimum absolute atomic E-state index is 0.0182. The van der Waals surface area contributed by atoms with Crippen LogP contribution in [0.5, 0.6) is 0 Å². The van der Waals surface area contributed by atoms with Gasteiger partial charge in [-0.25, -0.2) is 9.59 Å². The molecule has 2 aromatic rings. The minimum Gasteiger partial charge on any atom is -0.463 e. The lowest BCUT2D eigenvalue weighted by Crippen LogP contribution is -2.22. The van der Waals surface area contributed by atoms with E-state index in [1.165, 1.54) is 30.0 Å². The molecule has 0 radical (unpaired) electrons. The maximum absolute atomic E-state index is 12.2. The van der Waals surface area contributed by atoms with Crippen LogP contribution in [0.1, 0.15) is 22.3 Å². The van der Waals surface area contributed by atoms with Crippen LogP contribution in [0.4, 0.5) is 5.69 Å². The predicted octanol–water partition coefficient (Wildman–Crippen LogP) is 3.53. The molecule has 0 N–H and O–H groups in total. The molecular formula is C18H15NO6S. The number of carbonyl (C=O) groups is 2. The second-order valence-electron chi connectivity index (χ2n) is 5.70. The zero-order valence-corrected chi connectivity index (χ0v) is 14.7. The van der Waals surface area contributed by atoms with Gasteiger partial charge in [-0.1, -0.05) is 29.5 Å². The lowest BCUT2D eigenvalue weighted by molar-refractivity contribution is -0.387. The quantitative estimate of drug-likeness (QED) is 0.449. The van der Waals surface area contributed by atoms with Crippen LogP contribution in [-0.2, 0) is 14.3 Å². The van der Waals surface area contributed by atoms with Crippen LogP contribution in [0.25, 0.3) is 0 Å². The minimum atomic E-state index is -0.955. The monoisotopic (exact) mass is 373 g/mol. The summed E-state index contributed by atoms with van der Waals surface area (Å²) < 4.78 is 9.80. The molecule has 1 aliphatic heterocycles. The molecular weight excluding hydrogens is 358 g/mol. The van der Waals surface area contributed by atoms with Crippen molar-refractivity contribution in [2.45, 2.75) is 29.2 Å². The maximum atomic E-state index is 12.2. The van der Waals surface area contributed by atoms with E-state index in [1.54, 1.807) is 0 Å². The molecule has 0 bridgehead atoms. The van der Waals surface area contributed by atoms with Crippen molar-refractivity contribution >= 4 is 29.4 Å². The summed E-state index contributed by atoms with van der Waals surface area (Å²) in [6.07, 6.45) is -0.670. The number of aryl methyl sites for hydroxylation is 1. The summed E-state index contributed by atoms with van der Waals surface area (Å²) in [6, 6.07) is 11.7. The molecule has 1 fully saturated rings. The number of hydrogen-bond acceptors (Lipinski definition) is 7. The Hall–Kier alpha value is -2.87. The van der Waals surface area contributed by atoms with Gasteiger partial charge in [-0.15, -0.1) is 0 Å². The lowest BCUT2D eigenvalue weighted by Gasteiger charge is -2.09. The summed E-state index contributed by atoms with van der Waals surface area (Å²) in [5.74, 6) is -1.39. The Kier molecular flexibility index (Phi) is 5.22. The summed E-state index contributed by atoms with van der Waals surface area (Å²) in [6.45, 7) is 2.15. The molecule has 0 aliphatic carbocycles. The molecule has 1 aliphatic rings. The molecule has 134 valence electrons. The number of ether oxygens (including phenoxy) is 2. The van der Waals surface area contributed by atoms with Gasteiger partial charge in [0.05, 0.1) is 22.0 Å². The number of nitro groups is 1. The van der Waals surface area contributed by atoms with Crippen molar-refractivity contribution in [3.05, 3.63) is 63.7 Å². The number of esters is 2. The fourth-order valence-electron chi connectivity index (χ4n) is 2.39. The molecule has 0 amide bonds. The van der Waals surface area contributed by atoms with E-state index in [4.69, 9.17) is 9.47 Å². The van der Waals surface area contributed by atoms with Crippen LogP contribution >= 0.6 is 11.8 Å². The molecule has 7 nitrogen and oxygen atoms in total. The number of rotatable bonds is 5. The van der Waals surface area contributed by atoms with Crippen molar-refractivity contribution in [1.29, 1.82) is 0 Å². The van der Waals surface area contributed by atoms with Crippen LogP contribution < -0.4 is 0 Å². The molecule has 26 heavy (non-hydrogen) atoms. The zero-order chi connectivity index (χ0) is 18.7. The summed E-state index contributed by atoms with van der Waals surface area (Å²) in [5.41, 5.74) is 0.913. The van der Waals surface area contributed by atoms with Gasteiger partial charge in [0, 0.05) is 17.4 Å². The fourth-order valence-corrected chi connectivity index (χ4v) is 3.29. The van der Waals surface area contributed by atoms with Crippen LogP contribution in [0.2, 0.25) is 0 Å². The number of nitrogens with zero attached hydrogens (tertiary/aromatic N) is 1. The van der Waals surface area contributed by atoms with E-state index >= 15 is 0 Å². The van der Waals surface area contributed by atoms with Gasteiger partial charge in [0.1, 0.15) is 0 Å². The van der Waals surface area contributed by atoms with Gasteiger partial charge in [-0.2, -0.15) is 0 Å². The van der Waals surface area contributed by atoms with Crippen molar-refractivity contribution in [3.63, 3.8) is 0 Å². The van der Waals surface area contributed by atoms with Crippen molar-refractivity contribution in [3.8, 4) is 0 Å². The third-order valence-corrected chi connectivity index (χ3v) is 4.85. The third kappa shape index (κ3) is 4.02. The van der Waals surface area contributed by atoms with Crippen LogP contribution in [0.3, 0.4) is 0 Å². The first-order valence-electron chi connectivity index (χ1n) is 7.84. The van der Waals surface area contributed by atoms with E-state index in [2.05, 4.69) is 0 Å². The maximum Gasteiger partial charge on any atom is 0.347 e. The molecule has 8 heteroatoms. The van der Waals surface area contributed by atoms with Gasteiger partial charge in [-0.3, -0.25) is 10.1 Å². The Balaban J connectivity index is 1.82. The number of cyclic esters (lactones) is 1. The Morgan fingerprint density at radius 1 is 1.27 bits per heavy atom. The molecule has 1 heterocycles. The molecule has 2 aromatic carbocycles. The molecule has 0 saturated carbocycles. The molecule has 0 unspecified atom stereocenters. The van der Waals surface area contributed by atoms with E-state index in [0.29, 0.717) is 4.90 Å². The standard InChI is InChI=1S/C18H15NO6S/c1-11-2-5-13(6-3-11)26-16-7-4-12(10-14(16)19(22)23)17(20)25-15-8-9-24-18(15)21/h2-7,10,15H,8-9H2,1H3/t15-/m1/s1. The first-order chi connectivity index (χ1) is 12.4. The summed E-state index contributed by atoms with van der Waals surface area (Å²) in [4.78, 5) is 35.7. The second kappa shape index (κ2) is 7.57. The Morgan fingerprint density at radius 2 is 2.00 bits per heavy atom. The molecule has 1 saturated heterocycles. The summed E-state index contributed by atoms with van der Waals surface area (Å²) in [7, 11) is 0. The molecule has 3 rings (SSSR count). The topological polar surface area (TPSA) is 95.7 Å². The third-order valence-electron chi connectivity index (χ3n) is 3.78. The first-order valence-corrected chi connectivity index (χ1v) is 8.66. The Bertz CT molecular complexity index is 864. The number of carbonyl (C=O) groups excluding carboxylic acids is 2. The Morgan fingerprint density at radius 3 is 2.62 bits per heavy atom. The van der Waals surface area contributed by atoms with Gasteiger partial charge in [-0.05, 0) is 31.2 Å². The van der Waals surface area contributed by atoms with Gasteiger partial charge >= 0.3 is 11.9 Å². The van der Waals surface area contributed by atoms with Crippen molar-refractivity contribution < 1.29 is 24.0 Å². The number of benzene rings is 2. The van der Waals surface area contributed by atoms with E-state index in [1.807, 2.05) is 31.2 Å². The largest absolute Gasteiger partial charge is 0.463 e. The van der Waals surface area contributed by atoms with E-state index < -0.39 is 23.0 Å².